The summed E-state index contributed by atoms with van der Waals surface area (Å²) < 4.78 is 5.12. The molecule has 0 aromatic heterocycles. The molecule has 0 bridgehead atoms. The second-order valence-electron chi connectivity index (χ2n) is 4.32. The molecule has 0 radical (unpaired) electrons. The summed E-state index contributed by atoms with van der Waals surface area (Å²) in [4.78, 5) is 0. The molecule has 2 aliphatic rings. The van der Waals surface area contributed by atoms with Crippen molar-refractivity contribution in [3.8, 4) is 0 Å². The molecule has 0 aromatic carbocycles. The molecule has 2 nitrogen and oxygen atoms in total. The fourth-order valence-electron chi connectivity index (χ4n) is 2.05. The Morgan fingerprint density at radius 2 is 2.17 bits per heavy atom. The predicted octanol–water partition coefficient (Wildman–Crippen LogP) is 1.56. The normalized spacial score (nSPS) is 27.8. The van der Waals surface area contributed by atoms with Crippen molar-refractivity contribution in [2.45, 2.75) is 38.6 Å². The standard InChI is InChI=1S/C10H19NO/c1-2-10(4-3-5-10)8-11-9-6-12-7-9/h9,11H,2-8H2,1H3. The first kappa shape index (κ1) is 8.52. The van der Waals surface area contributed by atoms with Gasteiger partial charge in [-0.3, -0.25) is 0 Å². The van der Waals surface area contributed by atoms with E-state index in [1.54, 1.807) is 0 Å². The summed E-state index contributed by atoms with van der Waals surface area (Å²) in [5.74, 6) is 0. The molecule has 1 aliphatic heterocycles. The van der Waals surface area contributed by atoms with Crippen LogP contribution in [0.15, 0.2) is 0 Å². The van der Waals surface area contributed by atoms with Gasteiger partial charge in [-0.2, -0.15) is 0 Å². The van der Waals surface area contributed by atoms with Gasteiger partial charge in [0, 0.05) is 6.54 Å². The van der Waals surface area contributed by atoms with Gasteiger partial charge in [0.2, 0.25) is 0 Å². The Hall–Kier alpha value is -0.0800. The van der Waals surface area contributed by atoms with Gasteiger partial charge in [0.1, 0.15) is 0 Å². The molecule has 2 rings (SSSR count). The van der Waals surface area contributed by atoms with E-state index in [-0.39, 0.29) is 0 Å². The molecular formula is C10H19NO. The van der Waals surface area contributed by atoms with Crippen LogP contribution in [0.1, 0.15) is 32.6 Å². The number of rotatable bonds is 4. The average Bonchev–Trinajstić information content (AvgIpc) is 1.91. The van der Waals surface area contributed by atoms with Gasteiger partial charge in [0.15, 0.2) is 0 Å². The number of hydrogen-bond acceptors (Lipinski definition) is 2. The first-order valence-corrected chi connectivity index (χ1v) is 5.16. The lowest BCUT2D eigenvalue weighted by Gasteiger charge is -2.43. The van der Waals surface area contributed by atoms with Crippen LogP contribution in [-0.4, -0.2) is 25.8 Å². The van der Waals surface area contributed by atoms with Crippen LogP contribution < -0.4 is 5.32 Å². The summed E-state index contributed by atoms with van der Waals surface area (Å²) in [5.41, 5.74) is 0.662. The van der Waals surface area contributed by atoms with E-state index >= 15 is 0 Å². The second-order valence-corrected chi connectivity index (χ2v) is 4.32. The van der Waals surface area contributed by atoms with Crippen molar-refractivity contribution in [2.75, 3.05) is 19.8 Å². The third kappa shape index (κ3) is 1.50. The van der Waals surface area contributed by atoms with Gasteiger partial charge in [-0.25, -0.2) is 0 Å². The highest BCUT2D eigenvalue weighted by atomic mass is 16.5. The Morgan fingerprint density at radius 1 is 1.42 bits per heavy atom. The van der Waals surface area contributed by atoms with Crippen molar-refractivity contribution in [3.05, 3.63) is 0 Å². The summed E-state index contributed by atoms with van der Waals surface area (Å²) >= 11 is 0. The summed E-state index contributed by atoms with van der Waals surface area (Å²) in [5, 5.41) is 3.59. The van der Waals surface area contributed by atoms with Gasteiger partial charge in [0.05, 0.1) is 19.3 Å². The van der Waals surface area contributed by atoms with Crippen LogP contribution in [0.5, 0.6) is 0 Å². The maximum absolute atomic E-state index is 5.12. The minimum atomic E-state index is 0.661. The number of hydrogen-bond donors (Lipinski definition) is 1. The van der Waals surface area contributed by atoms with Crippen molar-refractivity contribution in [1.29, 1.82) is 0 Å². The fourth-order valence-corrected chi connectivity index (χ4v) is 2.05. The highest BCUT2D eigenvalue weighted by Crippen LogP contribution is 2.43. The lowest BCUT2D eigenvalue weighted by atomic mass is 9.67. The second kappa shape index (κ2) is 3.35. The number of nitrogens with one attached hydrogen (secondary N) is 1. The monoisotopic (exact) mass is 169 g/mol. The molecule has 0 atom stereocenters. The third-order valence-electron chi connectivity index (χ3n) is 3.57. The third-order valence-corrected chi connectivity index (χ3v) is 3.57. The molecule has 2 fully saturated rings. The van der Waals surface area contributed by atoms with E-state index in [9.17, 15) is 0 Å². The molecule has 0 unspecified atom stereocenters. The van der Waals surface area contributed by atoms with Crippen LogP contribution in [0.2, 0.25) is 0 Å². The minimum Gasteiger partial charge on any atom is -0.378 e. The van der Waals surface area contributed by atoms with Gasteiger partial charge in [-0.1, -0.05) is 13.3 Å². The molecule has 70 valence electrons. The van der Waals surface area contributed by atoms with Gasteiger partial charge < -0.3 is 10.1 Å². The fraction of sp³-hybridized carbons (Fsp3) is 1.00. The van der Waals surface area contributed by atoms with Crippen LogP contribution >= 0.6 is 0 Å². The summed E-state index contributed by atoms with van der Waals surface area (Å²) in [7, 11) is 0. The Bertz CT molecular complexity index is 144. The maximum Gasteiger partial charge on any atom is 0.0643 e. The molecular weight excluding hydrogens is 150 g/mol. The minimum absolute atomic E-state index is 0.661. The molecule has 1 saturated heterocycles. The van der Waals surface area contributed by atoms with Gasteiger partial charge in [-0.15, -0.1) is 0 Å². The zero-order valence-corrected chi connectivity index (χ0v) is 7.94. The van der Waals surface area contributed by atoms with Crippen LogP contribution in [0, 0.1) is 5.41 Å². The molecule has 1 saturated carbocycles. The first-order chi connectivity index (χ1) is 5.85. The highest BCUT2D eigenvalue weighted by Gasteiger charge is 2.35. The molecule has 1 aliphatic carbocycles. The van der Waals surface area contributed by atoms with E-state index in [1.807, 2.05) is 0 Å². The van der Waals surface area contributed by atoms with Crippen molar-refractivity contribution in [1.82, 2.24) is 5.32 Å². The summed E-state index contributed by atoms with van der Waals surface area (Å²) in [6, 6.07) is 0.661. The highest BCUT2D eigenvalue weighted by molar-refractivity contribution is 4.90. The van der Waals surface area contributed by atoms with Crippen molar-refractivity contribution in [2.24, 2.45) is 5.41 Å². The lowest BCUT2D eigenvalue weighted by molar-refractivity contribution is -0.0151. The zero-order valence-electron chi connectivity index (χ0n) is 7.94. The average molecular weight is 169 g/mol. The van der Waals surface area contributed by atoms with E-state index < -0.39 is 0 Å². The van der Waals surface area contributed by atoms with E-state index in [1.165, 1.54) is 32.2 Å². The predicted molar refractivity (Wildman–Crippen MR) is 49.2 cm³/mol. The molecule has 0 aromatic rings. The van der Waals surface area contributed by atoms with Crippen LogP contribution in [-0.2, 0) is 4.74 Å². The smallest absolute Gasteiger partial charge is 0.0643 e. The molecule has 12 heavy (non-hydrogen) atoms. The Kier molecular flexibility index (Phi) is 2.37. The molecule has 2 heteroatoms. The van der Waals surface area contributed by atoms with Crippen LogP contribution in [0.4, 0.5) is 0 Å². The van der Waals surface area contributed by atoms with Crippen molar-refractivity contribution in [3.63, 3.8) is 0 Å². The summed E-state index contributed by atoms with van der Waals surface area (Å²) in [6.45, 7) is 5.40. The Morgan fingerprint density at radius 3 is 2.50 bits per heavy atom. The Balaban J connectivity index is 1.69. The van der Waals surface area contributed by atoms with E-state index in [0.29, 0.717) is 11.5 Å². The van der Waals surface area contributed by atoms with E-state index in [0.717, 1.165) is 13.2 Å². The van der Waals surface area contributed by atoms with E-state index in [4.69, 9.17) is 4.74 Å². The molecule has 1 N–H and O–H groups in total. The van der Waals surface area contributed by atoms with Crippen LogP contribution in [0.25, 0.3) is 0 Å². The lowest BCUT2D eigenvalue weighted by Crippen LogP contribution is -2.51. The largest absolute Gasteiger partial charge is 0.378 e. The van der Waals surface area contributed by atoms with Crippen molar-refractivity contribution >= 4 is 0 Å². The van der Waals surface area contributed by atoms with Gasteiger partial charge in [0.25, 0.3) is 0 Å². The van der Waals surface area contributed by atoms with Crippen LogP contribution in [0.3, 0.4) is 0 Å². The first-order valence-electron chi connectivity index (χ1n) is 5.16. The molecule has 0 spiro atoms. The Labute approximate surface area is 74.7 Å². The summed E-state index contributed by atoms with van der Waals surface area (Å²) in [6.07, 6.45) is 5.65. The van der Waals surface area contributed by atoms with Gasteiger partial charge >= 0.3 is 0 Å². The van der Waals surface area contributed by atoms with Crippen molar-refractivity contribution < 1.29 is 4.74 Å². The zero-order chi connectivity index (χ0) is 8.44. The number of ether oxygens (including phenoxy) is 1. The quantitative estimate of drug-likeness (QED) is 0.689. The molecule has 1 heterocycles. The van der Waals surface area contributed by atoms with E-state index in [2.05, 4.69) is 12.2 Å². The topological polar surface area (TPSA) is 21.3 Å². The SMILES string of the molecule is CCC1(CNC2COC2)CCC1. The molecule has 0 amide bonds. The van der Waals surface area contributed by atoms with Gasteiger partial charge in [-0.05, 0) is 24.7 Å². The maximum atomic E-state index is 5.12.